The second kappa shape index (κ2) is 8.70. The molecule has 1 aliphatic heterocycles. The van der Waals surface area contributed by atoms with Crippen LogP contribution in [0.3, 0.4) is 0 Å². The summed E-state index contributed by atoms with van der Waals surface area (Å²) in [4.78, 5) is 27.9. The molecule has 1 atom stereocenters. The van der Waals surface area contributed by atoms with Crippen LogP contribution in [0.25, 0.3) is 0 Å². The number of rotatable bonds is 6. The van der Waals surface area contributed by atoms with E-state index in [-0.39, 0.29) is 18.7 Å². The largest absolute Gasteiger partial charge is 0.375 e. The quantitative estimate of drug-likeness (QED) is 0.443. The number of fused-ring (bicyclic) bond motifs is 1. The van der Waals surface area contributed by atoms with Crippen LogP contribution in [0.15, 0.2) is 66.7 Å². The van der Waals surface area contributed by atoms with E-state index in [9.17, 15) is 14.7 Å². The number of aliphatic hydroxyl groups is 1. The molecule has 0 unspecified atom stereocenters. The van der Waals surface area contributed by atoms with E-state index in [1.54, 1.807) is 54.6 Å². The number of anilines is 1. The Balaban J connectivity index is 1.64. The second-order valence-corrected chi connectivity index (χ2v) is 9.21. The molecule has 6 heteroatoms. The van der Waals surface area contributed by atoms with Crippen molar-refractivity contribution in [1.29, 1.82) is 0 Å². The summed E-state index contributed by atoms with van der Waals surface area (Å²) in [7, 11) is 0. The van der Waals surface area contributed by atoms with Gasteiger partial charge < -0.3 is 10.0 Å². The lowest BCUT2D eigenvalue weighted by molar-refractivity contribution is -0.136. The Morgan fingerprint density at radius 2 is 1.69 bits per heavy atom. The standard InChI is InChI=1S/C26H23Cl2NO3/c1-16(2)18-8-10-19(11-9-18)24(30)14-26(32)20-5-3-4-6-23(20)29(25(26)31)15-17-7-12-21(27)22(28)13-17/h3-13,16,32H,14-15H2,1-2H3/t26-/m1/s1. The molecule has 4 nitrogen and oxygen atoms in total. The van der Waals surface area contributed by atoms with Crippen LogP contribution in [0.2, 0.25) is 10.0 Å². The predicted octanol–water partition coefficient (Wildman–Crippen LogP) is 6.12. The van der Waals surface area contributed by atoms with Gasteiger partial charge in [-0.15, -0.1) is 0 Å². The van der Waals surface area contributed by atoms with E-state index in [4.69, 9.17) is 23.2 Å². The van der Waals surface area contributed by atoms with Gasteiger partial charge in [-0.2, -0.15) is 0 Å². The van der Waals surface area contributed by atoms with Crippen molar-refractivity contribution in [2.45, 2.75) is 38.3 Å². The van der Waals surface area contributed by atoms with Gasteiger partial charge in [0.1, 0.15) is 0 Å². The highest BCUT2D eigenvalue weighted by Gasteiger charge is 2.50. The van der Waals surface area contributed by atoms with Crippen molar-refractivity contribution < 1.29 is 14.7 Å². The second-order valence-electron chi connectivity index (χ2n) is 8.39. The first-order chi connectivity index (χ1) is 15.2. The van der Waals surface area contributed by atoms with Crippen LogP contribution in [0.5, 0.6) is 0 Å². The fraction of sp³-hybridized carbons (Fsp3) is 0.231. The normalized spacial score (nSPS) is 17.7. The molecule has 1 aliphatic rings. The van der Waals surface area contributed by atoms with Gasteiger partial charge in [-0.3, -0.25) is 9.59 Å². The highest BCUT2D eigenvalue weighted by molar-refractivity contribution is 6.42. The third kappa shape index (κ3) is 4.06. The number of halogens is 2. The van der Waals surface area contributed by atoms with Crippen molar-refractivity contribution in [2.75, 3.05) is 4.90 Å². The number of Topliss-reactive ketones (excluding diaryl/α,β-unsaturated/α-hetero) is 1. The summed E-state index contributed by atoms with van der Waals surface area (Å²) in [6.07, 6.45) is -0.332. The van der Waals surface area contributed by atoms with Gasteiger partial charge in [-0.05, 0) is 35.2 Å². The van der Waals surface area contributed by atoms with Gasteiger partial charge in [-0.25, -0.2) is 0 Å². The van der Waals surface area contributed by atoms with Crippen molar-refractivity contribution in [3.63, 3.8) is 0 Å². The van der Waals surface area contributed by atoms with Gasteiger partial charge in [0.15, 0.2) is 11.4 Å². The summed E-state index contributed by atoms with van der Waals surface area (Å²) in [6, 6.07) is 19.5. The zero-order chi connectivity index (χ0) is 23.0. The fourth-order valence-corrected chi connectivity index (χ4v) is 4.36. The van der Waals surface area contributed by atoms with Crippen molar-refractivity contribution in [2.24, 2.45) is 0 Å². The van der Waals surface area contributed by atoms with Crippen LogP contribution in [-0.4, -0.2) is 16.8 Å². The molecular formula is C26H23Cl2NO3. The SMILES string of the molecule is CC(C)c1ccc(C(=O)C[C@]2(O)C(=O)N(Cc3ccc(Cl)c(Cl)c3)c3ccccc32)cc1. The molecule has 1 amide bonds. The first-order valence-corrected chi connectivity index (χ1v) is 11.2. The van der Waals surface area contributed by atoms with Crippen LogP contribution in [0.1, 0.15) is 53.2 Å². The van der Waals surface area contributed by atoms with Crippen molar-refractivity contribution in [3.05, 3.63) is 99.0 Å². The lowest BCUT2D eigenvalue weighted by Crippen LogP contribution is -2.41. The first kappa shape index (κ1) is 22.5. The number of para-hydroxylation sites is 1. The highest BCUT2D eigenvalue weighted by atomic mass is 35.5. The van der Waals surface area contributed by atoms with E-state index >= 15 is 0 Å². The smallest absolute Gasteiger partial charge is 0.264 e. The molecule has 164 valence electrons. The molecule has 3 aromatic carbocycles. The fourth-order valence-electron chi connectivity index (χ4n) is 4.04. The lowest BCUT2D eigenvalue weighted by Gasteiger charge is -2.23. The molecule has 0 saturated carbocycles. The number of hydrogen-bond acceptors (Lipinski definition) is 3. The van der Waals surface area contributed by atoms with Crippen LogP contribution in [0, 0.1) is 0 Å². The topological polar surface area (TPSA) is 57.6 Å². The van der Waals surface area contributed by atoms with Gasteiger partial charge in [0.25, 0.3) is 5.91 Å². The summed E-state index contributed by atoms with van der Waals surface area (Å²) in [5.41, 5.74) is 1.43. The minimum absolute atomic E-state index is 0.201. The maximum absolute atomic E-state index is 13.4. The third-order valence-corrected chi connectivity index (χ3v) is 6.62. The molecule has 32 heavy (non-hydrogen) atoms. The van der Waals surface area contributed by atoms with Gasteiger partial charge in [0.2, 0.25) is 0 Å². The van der Waals surface area contributed by atoms with Gasteiger partial charge in [0, 0.05) is 11.1 Å². The molecule has 3 aromatic rings. The number of amides is 1. The average molecular weight is 468 g/mol. The summed E-state index contributed by atoms with van der Waals surface area (Å²) in [6.45, 7) is 4.36. The number of benzene rings is 3. The molecule has 1 N–H and O–H groups in total. The Morgan fingerprint density at radius 1 is 1.00 bits per heavy atom. The Labute approximate surface area is 197 Å². The molecule has 0 aromatic heterocycles. The molecule has 1 heterocycles. The molecule has 0 bridgehead atoms. The highest BCUT2D eigenvalue weighted by Crippen LogP contribution is 2.43. The van der Waals surface area contributed by atoms with Gasteiger partial charge in [-0.1, -0.05) is 85.6 Å². The molecule has 0 spiro atoms. The molecule has 0 radical (unpaired) electrons. The zero-order valence-corrected chi connectivity index (χ0v) is 19.3. The molecule has 0 aliphatic carbocycles. The maximum atomic E-state index is 13.4. The van der Waals surface area contributed by atoms with Crippen LogP contribution in [0.4, 0.5) is 5.69 Å². The van der Waals surface area contributed by atoms with E-state index in [1.165, 1.54) is 4.90 Å². The van der Waals surface area contributed by atoms with Crippen LogP contribution >= 0.6 is 23.2 Å². The Hall–Kier alpha value is -2.66. The maximum Gasteiger partial charge on any atom is 0.264 e. The summed E-state index contributed by atoms with van der Waals surface area (Å²) in [5, 5.41) is 12.3. The van der Waals surface area contributed by atoms with Crippen LogP contribution in [-0.2, 0) is 16.9 Å². The number of hydrogen-bond donors (Lipinski definition) is 1. The minimum atomic E-state index is -1.93. The van der Waals surface area contributed by atoms with Gasteiger partial charge >= 0.3 is 0 Å². The summed E-state index contributed by atoms with van der Waals surface area (Å²) < 4.78 is 0. The monoisotopic (exact) mass is 467 g/mol. The summed E-state index contributed by atoms with van der Waals surface area (Å²) >= 11 is 12.1. The average Bonchev–Trinajstić information content (AvgIpc) is 2.98. The predicted molar refractivity (Wildman–Crippen MR) is 127 cm³/mol. The Kier molecular flexibility index (Phi) is 6.13. The number of ketones is 1. The Bertz CT molecular complexity index is 1190. The van der Waals surface area contributed by atoms with Gasteiger partial charge in [0.05, 0.1) is 28.7 Å². The van der Waals surface area contributed by atoms with E-state index in [2.05, 4.69) is 13.8 Å². The Morgan fingerprint density at radius 3 is 2.34 bits per heavy atom. The lowest BCUT2D eigenvalue weighted by atomic mass is 9.87. The van der Waals surface area contributed by atoms with Crippen LogP contribution < -0.4 is 4.90 Å². The molecule has 0 fully saturated rings. The van der Waals surface area contributed by atoms with Crippen molar-refractivity contribution in [3.8, 4) is 0 Å². The number of carbonyl (C=O) groups excluding carboxylic acids is 2. The van der Waals surface area contributed by atoms with Crippen molar-refractivity contribution in [1.82, 2.24) is 0 Å². The van der Waals surface area contributed by atoms with E-state index in [0.717, 1.165) is 11.1 Å². The summed E-state index contributed by atoms with van der Waals surface area (Å²) in [5.74, 6) is -0.471. The first-order valence-electron chi connectivity index (χ1n) is 10.4. The minimum Gasteiger partial charge on any atom is -0.375 e. The third-order valence-electron chi connectivity index (χ3n) is 5.88. The molecule has 0 saturated heterocycles. The van der Waals surface area contributed by atoms with Crippen molar-refractivity contribution >= 4 is 40.6 Å². The van der Waals surface area contributed by atoms with E-state index in [1.807, 2.05) is 12.1 Å². The van der Waals surface area contributed by atoms with E-state index in [0.29, 0.717) is 32.8 Å². The number of nitrogens with zero attached hydrogens (tertiary/aromatic N) is 1. The molecule has 4 rings (SSSR count). The molecular weight excluding hydrogens is 445 g/mol. The zero-order valence-electron chi connectivity index (χ0n) is 17.8. The van der Waals surface area contributed by atoms with E-state index < -0.39 is 11.5 Å². The number of carbonyl (C=O) groups is 2.